The van der Waals surface area contributed by atoms with Crippen LogP contribution in [0, 0.1) is 11.8 Å². The maximum absolute atomic E-state index is 11.8. The molecule has 0 aromatic carbocycles. The van der Waals surface area contributed by atoms with E-state index in [0.29, 0.717) is 11.5 Å². The highest BCUT2D eigenvalue weighted by Crippen LogP contribution is 2.42. The minimum Gasteiger partial charge on any atom is -0.393 e. The van der Waals surface area contributed by atoms with E-state index in [-0.39, 0.29) is 18.1 Å². The summed E-state index contributed by atoms with van der Waals surface area (Å²) < 4.78 is 0. The molecule has 2 fully saturated rings. The van der Waals surface area contributed by atoms with E-state index in [0.717, 1.165) is 36.0 Å². The van der Waals surface area contributed by atoms with E-state index < -0.39 is 5.91 Å². The summed E-state index contributed by atoms with van der Waals surface area (Å²) in [5.74, 6) is 0.301. The highest BCUT2D eigenvalue weighted by atomic mass is 16.3. The van der Waals surface area contributed by atoms with Crippen LogP contribution in [0.5, 0.6) is 0 Å². The number of anilines is 1. The lowest BCUT2D eigenvalue weighted by Crippen LogP contribution is -2.49. The van der Waals surface area contributed by atoms with E-state index in [4.69, 9.17) is 5.73 Å². The Balaban J connectivity index is 1.75. The van der Waals surface area contributed by atoms with Crippen LogP contribution in [0.2, 0.25) is 0 Å². The van der Waals surface area contributed by atoms with E-state index in [2.05, 4.69) is 15.3 Å². The number of aromatic amines is 1. The number of amides is 1. The van der Waals surface area contributed by atoms with Crippen molar-refractivity contribution >= 4 is 22.6 Å². The first-order chi connectivity index (χ1) is 11.1. The molecule has 23 heavy (non-hydrogen) atoms. The lowest BCUT2D eigenvalue weighted by molar-refractivity contribution is 0.0121. The predicted octanol–water partition coefficient (Wildman–Crippen LogP) is 2.01. The third kappa shape index (κ3) is 2.37. The lowest BCUT2D eigenvalue weighted by Gasteiger charge is -2.46. The van der Waals surface area contributed by atoms with Gasteiger partial charge in [0.15, 0.2) is 0 Å². The van der Waals surface area contributed by atoms with Crippen LogP contribution in [-0.2, 0) is 0 Å². The average Bonchev–Trinajstić information content (AvgIpc) is 3.00. The zero-order valence-corrected chi connectivity index (χ0v) is 13.0. The molecule has 1 amide bonds. The normalized spacial score (nSPS) is 30.3. The Labute approximate surface area is 134 Å². The van der Waals surface area contributed by atoms with Crippen molar-refractivity contribution < 1.29 is 9.90 Å². The van der Waals surface area contributed by atoms with Crippen molar-refractivity contribution in [3.63, 3.8) is 0 Å². The quantitative estimate of drug-likeness (QED) is 0.695. The second-order valence-corrected chi connectivity index (χ2v) is 6.82. The summed E-state index contributed by atoms with van der Waals surface area (Å²) in [6.45, 7) is 0. The SMILES string of the molecule is NC(=O)c1cnc2[nH]ccc2c1N[C@H]1[C@@H]2CCC[C@H]1[C@H](O)CC2. The Morgan fingerprint density at radius 1 is 1.35 bits per heavy atom. The zero-order chi connectivity index (χ0) is 16.0. The standard InChI is InChI=1S/C17H22N4O2/c18-16(23)12-8-20-17-11(6-7-19-17)15(12)21-14-9-2-1-3-10(14)13(22)5-4-9/h6-10,13-14,22H,1-5H2,(H2,18,23)(H2,19,20,21)/t9-,10+,13-,14+/m1/s1. The number of hydrogen-bond acceptors (Lipinski definition) is 4. The summed E-state index contributed by atoms with van der Waals surface area (Å²) in [6, 6.07) is 2.10. The molecule has 0 radical (unpaired) electrons. The molecule has 2 aromatic rings. The molecule has 122 valence electrons. The molecule has 2 aliphatic rings. The number of hydrogen-bond donors (Lipinski definition) is 4. The number of nitrogens with zero attached hydrogens (tertiary/aromatic N) is 1. The van der Waals surface area contributed by atoms with Crippen molar-refractivity contribution in [2.24, 2.45) is 17.6 Å². The fourth-order valence-electron chi connectivity index (χ4n) is 4.42. The first kappa shape index (κ1) is 14.5. The van der Waals surface area contributed by atoms with Crippen molar-refractivity contribution in [3.8, 4) is 0 Å². The van der Waals surface area contributed by atoms with Gasteiger partial charge in [0.25, 0.3) is 5.91 Å². The Morgan fingerprint density at radius 2 is 2.22 bits per heavy atom. The van der Waals surface area contributed by atoms with Gasteiger partial charge in [-0.3, -0.25) is 4.79 Å². The first-order valence-electron chi connectivity index (χ1n) is 8.35. The van der Waals surface area contributed by atoms with Gasteiger partial charge in [-0.25, -0.2) is 4.98 Å². The van der Waals surface area contributed by atoms with Crippen molar-refractivity contribution in [3.05, 3.63) is 24.0 Å². The number of aromatic nitrogens is 2. The number of aliphatic hydroxyl groups is 1. The molecule has 0 unspecified atom stereocenters. The fourth-order valence-corrected chi connectivity index (χ4v) is 4.42. The van der Waals surface area contributed by atoms with Gasteiger partial charge in [0.1, 0.15) is 5.65 Å². The highest BCUT2D eigenvalue weighted by molar-refractivity contribution is 6.06. The van der Waals surface area contributed by atoms with Crippen LogP contribution in [0.1, 0.15) is 42.5 Å². The maximum Gasteiger partial charge on any atom is 0.252 e. The molecule has 6 heteroatoms. The van der Waals surface area contributed by atoms with Crippen LogP contribution in [0.4, 0.5) is 5.69 Å². The van der Waals surface area contributed by atoms with Gasteiger partial charge >= 0.3 is 0 Å². The van der Waals surface area contributed by atoms with E-state index in [1.54, 1.807) is 0 Å². The summed E-state index contributed by atoms with van der Waals surface area (Å²) in [4.78, 5) is 19.1. The van der Waals surface area contributed by atoms with Crippen molar-refractivity contribution in [1.29, 1.82) is 0 Å². The molecule has 4 atom stereocenters. The molecule has 2 saturated carbocycles. The van der Waals surface area contributed by atoms with Gasteiger partial charge in [0.2, 0.25) is 0 Å². The summed E-state index contributed by atoms with van der Waals surface area (Å²) >= 11 is 0. The maximum atomic E-state index is 11.8. The van der Waals surface area contributed by atoms with Gasteiger partial charge in [-0.2, -0.15) is 0 Å². The Morgan fingerprint density at radius 3 is 3.04 bits per heavy atom. The summed E-state index contributed by atoms with van der Waals surface area (Å²) in [5, 5.41) is 14.8. The smallest absolute Gasteiger partial charge is 0.252 e. The number of carbonyl (C=O) groups excluding carboxylic acids is 1. The minimum atomic E-state index is -0.482. The summed E-state index contributed by atoms with van der Waals surface area (Å²) in [6.07, 6.45) is 8.36. The number of aliphatic hydroxyl groups excluding tert-OH is 1. The highest BCUT2D eigenvalue weighted by Gasteiger charge is 2.41. The summed E-state index contributed by atoms with van der Waals surface area (Å²) in [5.41, 5.74) is 7.44. The molecular weight excluding hydrogens is 292 g/mol. The van der Waals surface area contributed by atoms with Crippen LogP contribution >= 0.6 is 0 Å². The molecule has 5 N–H and O–H groups in total. The van der Waals surface area contributed by atoms with Crippen LogP contribution in [0.25, 0.3) is 11.0 Å². The first-order valence-corrected chi connectivity index (χ1v) is 8.35. The zero-order valence-electron chi connectivity index (χ0n) is 13.0. The molecule has 2 bridgehead atoms. The Bertz CT molecular complexity index is 741. The molecule has 0 spiro atoms. The number of pyridine rings is 1. The van der Waals surface area contributed by atoms with Gasteiger partial charge in [-0.15, -0.1) is 0 Å². The monoisotopic (exact) mass is 314 g/mol. The largest absolute Gasteiger partial charge is 0.393 e. The minimum absolute atomic E-state index is 0.186. The Kier molecular flexibility index (Phi) is 3.49. The van der Waals surface area contributed by atoms with E-state index in [1.807, 2.05) is 12.3 Å². The molecule has 2 heterocycles. The number of primary amides is 1. The number of nitrogens with two attached hydrogens (primary N) is 1. The average molecular weight is 314 g/mol. The molecule has 2 aromatic heterocycles. The Hall–Kier alpha value is -2.08. The van der Waals surface area contributed by atoms with Crippen molar-refractivity contribution in [1.82, 2.24) is 9.97 Å². The van der Waals surface area contributed by atoms with Gasteiger partial charge < -0.3 is 21.1 Å². The second kappa shape index (κ2) is 5.53. The third-order valence-electron chi connectivity index (χ3n) is 5.57. The molecule has 6 nitrogen and oxygen atoms in total. The van der Waals surface area contributed by atoms with E-state index >= 15 is 0 Å². The summed E-state index contributed by atoms with van der Waals surface area (Å²) in [7, 11) is 0. The van der Waals surface area contributed by atoms with Crippen molar-refractivity contribution in [2.75, 3.05) is 5.32 Å². The van der Waals surface area contributed by atoms with Gasteiger partial charge in [-0.05, 0) is 37.7 Å². The van der Waals surface area contributed by atoms with E-state index in [1.165, 1.54) is 19.0 Å². The van der Waals surface area contributed by atoms with Gasteiger partial charge in [0.05, 0.1) is 17.4 Å². The number of fused-ring (bicyclic) bond motifs is 3. The predicted molar refractivity (Wildman–Crippen MR) is 88.1 cm³/mol. The molecule has 0 aliphatic heterocycles. The van der Waals surface area contributed by atoms with Crippen molar-refractivity contribution in [2.45, 2.75) is 44.2 Å². The lowest BCUT2D eigenvalue weighted by atomic mass is 9.67. The number of carbonyl (C=O) groups is 1. The van der Waals surface area contributed by atoms with E-state index in [9.17, 15) is 9.90 Å². The topological polar surface area (TPSA) is 104 Å². The number of nitrogens with one attached hydrogen (secondary N) is 2. The number of H-pyrrole nitrogens is 1. The molecular formula is C17H22N4O2. The van der Waals surface area contributed by atoms with Gasteiger partial charge in [-0.1, -0.05) is 6.42 Å². The second-order valence-electron chi connectivity index (χ2n) is 6.82. The van der Waals surface area contributed by atoms with Crippen LogP contribution in [0.3, 0.4) is 0 Å². The molecule has 4 rings (SSSR count). The molecule has 0 saturated heterocycles. The molecule has 2 aliphatic carbocycles. The van der Waals surface area contributed by atoms with Crippen LogP contribution < -0.4 is 11.1 Å². The number of rotatable bonds is 3. The third-order valence-corrected chi connectivity index (χ3v) is 5.57. The fraction of sp³-hybridized carbons (Fsp3) is 0.529. The van der Waals surface area contributed by atoms with Crippen LogP contribution in [0.15, 0.2) is 18.5 Å². The van der Waals surface area contributed by atoms with Gasteiger partial charge in [0, 0.05) is 29.7 Å². The van der Waals surface area contributed by atoms with Crippen LogP contribution in [-0.4, -0.2) is 33.1 Å².